The molecule has 0 saturated carbocycles. The Morgan fingerprint density at radius 2 is 1.94 bits per heavy atom. The smallest absolute Gasteiger partial charge is 0.414 e. The number of halogens is 1. The Morgan fingerprint density at radius 1 is 1.03 bits per heavy atom. The predicted octanol–water partition coefficient (Wildman–Crippen LogP) is 5.15. The standard InChI is InChI=1S/C29H32FN3O3/c1-20-19-32(27-4-2-3-21-17-23(30)5-7-25(21)27)13-12-31(20)11-9-28-26-8-6-24(18-22(26)10-15-35-28)33-14-16-36-29(33)34/h2-8,17-18,20,28H,9-16,19H2,1H3/t20-,28+/m1/s1. The molecule has 0 spiro atoms. The van der Waals surface area contributed by atoms with Crippen LogP contribution >= 0.6 is 0 Å². The number of carbonyl (C=O) groups excluding carboxylic acids is 1. The molecule has 0 bridgehead atoms. The van der Waals surface area contributed by atoms with Gasteiger partial charge in [0.1, 0.15) is 12.4 Å². The molecule has 3 aliphatic rings. The van der Waals surface area contributed by atoms with Crippen molar-refractivity contribution in [2.75, 3.05) is 55.7 Å². The van der Waals surface area contributed by atoms with Gasteiger partial charge in [0.25, 0.3) is 0 Å². The van der Waals surface area contributed by atoms with Gasteiger partial charge in [0.2, 0.25) is 0 Å². The third-order valence-electron chi connectivity index (χ3n) is 7.84. The van der Waals surface area contributed by atoms with Crippen LogP contribution < -0.4 is 9.80 Å². The lowest BCUT2D eigenvalue weighted by Gasteiger charge is -2.42. The molecule has 3 aromatic carbocycles. The van der Waals surface area contributed by atoms with Crippen LogP contribution in [0.4, 0.5) is 20.6 Å². The molecule has 188 valence electrons. The van der Waals surface area contributed by atoms with Crippen molar-refractivity contribution in [2.45, 2.75) is 31.9 Å². The van der Waals surface area contributed by atoms with Gasteiger partial charge in [-0.3, -0.25) is 9.80 Å². The van der Waals surface area contributed by atoms with Gasteiger partial charge >= 0.3 is 6.09 Å². The normalized spacial score (nSPS) is 22.7. The van der Waals surface area contributed by atoms with E-state index < -0.39 is 0 Å². The number of anilines is 2. The maximum absolute atomic E-state index is 13.7. The van der Waals surface area contributed by atoms with Crippen molar-refractivity contribution in [1.82, 2.24) is 4.90 Å². The molecule has 6 rings (SSSR count). The number of carbonyl (C=O) groups is 1. The van der Waals surface area contributed by atoms with Crippen molar-refractivity contribution < 1.29 is 18.7 Å². The van der Waals surface area contributed by atoms with Crippen LogP contribution in [0.2, 0.25) is 0 Å². The van der Waals surface area contributed by atoms with E-state index in [1.807, 2.05) is 24.3 Å². The summed E-state index contributed by atoms with van der Waals surface area (Å²) in [4.78, 5) is 18.6. The number of ether oxygens (including phenoxy) is 2. The minimum atomic E-state index is -0.262. The van der Waals surface area contributed by atoms with Gasteiger partial charge in [-0.25, -0.2) is 9.18 Å². The molecular formula is C29H32FN3O3. The average molecular weight is 490 g/mol. The maximum atomic E-state index is 13.7. The minimum Gasteiger partial charge on any atom is -0.447 e. The fraction of sp³-hybridized carbons (Fsp3) is 0.414. The Hall–Kier alpha value is -3.16. The van der Waals surface area contributed by atoms with Crippen molar-refractivity contribution in [3.63, 3.8) is 0 Å². The summed E-state index contributed by atoms with van der Waals surface area (Å²) in [6, 6.07) is 17.9. The number of hydrogen-bond acceptors (Lipinski definition) is 5. The first kappa shape index (κ1) is 23.3. The number of piperazine rings is 1. The van der Waals surface area contributed by atoms with Crippen molar-refractivity contribution in [3.8, 4) is 0 Å². The second-order valence-corrected chi connectivity index (χ2v) is 10.0. The van der Waals surface area contributed by atoms with E-state index >= 15 is 0 Å². The van der Waals surface area contributed by atoms with E-state index in [2.05, 4.69) is 34.9 Å². The Morgan fingerprint density at radius 3 is 2.78 bits per heavy atom. The summed E-state index contributed by atoms with van der Waals surface area (Å²) in [6.45, 7) is 7.88. The molecule has 3 aromatic rings. The SMILES string of the molecule is C[C@@H]1CN(c2cccc3cc(F)ccc23)CCN1CC[C@@H]1OCCc2cc(N3CCOC3=O)ccc21. The highest BCUT2D eigenvalue weighted by Crippen LogP contribution is 2.34. The molecule has 0 aliphatic carbocycles. The van der Waals surface area contributed by atoms with Gasteiger partial charge in [-0.2, -0.15) is 0 Å². The minimum absolute atomic E-state index is 0.0755. The second-order valence-electron chi connectivity index (χ2n) is 10.0. The summed E-state index contributed by atoms with van der Waals surface area (Å²) in [5.41, 5.74) is 4.61. The molecule has 2 fully saturated rings. The van der Waals surface area contributed by atoms with E-state index in [4.69, 9.17) is 9.47 Å². The third-order valence-corrected chi connectivity index (χ3v) is 7.84. The van der Waals surface area contributed by atoms with E-state index in [0.717, 1.165) is 55.5 Å². The zero-order valence-electron chi connectivity index (χ0n) is 20.7. The van der Waals surface area contributed by atoms with Gasteiger partial charge < -0.3 is 14.4 Å². The number of hydrogen-bond donors (Lipinski definition) is 0. The summed E-state index contributed by atoms with van der Waals surface area (Å²) >= 11 is 0. The van der Waals surface area contributed by atoms with Crippen LogP contribution in [-0.4, -0.2) is 63.0 Å². The van der Waals surface area contributed by atoms with Crippen molar-refractivity contribution >= 4 is 28.2 Å². The third kappa shape index (κ3) is 4.42. The average Bonchev–Trinajstić information content (AvgIpc) is 3.32. The number of fused-ring (bicyclic) bond motifs is 2. The Kier molecular flexibility index (Phi) is 6.27. The Labute approximate surface area is 211 Å². The van der Waals surface area contributed by atoms with Gasteiger partial charge in [0.05, 0.1) is 19.3 Å². The second kappa shape index (κ2) is 9.71. The Bertz CT molecular complexity index is 1280. The number of rotatable bonds is 5. The fourth-order valence-electron chi connectivity index (χ4n) is 5.90. The lowest BCUT2D eigenvalue weighted by Crippen LogP contribution is -2.52. The van der Waals surface area contributed by atoms with Crippen LogP contribution in [0.1, 0.15) is 30.6 Å². The molecule has 2 atom stereocenters. The number of nitrogens with zero attached hydrogens (tertiary/aromatic N) is 3. The number of amides is 1. The van der Waals surface area contributed by atoms with Crippen LogP contribution in [0.25, 0.3) is 10.8 Å². The van der Waals surface area contributed by atoms with Gasteiger partial charge in [-0.15, -0.1) is 0 Å². The molecule has 0 radical (unpaired) electrons. The van der Waals surface area contributed by atoms with Crippen molar-refractivity contribution in [3.05, 3.63) is 71.5 Å². The summed E-state index contributed by atoms with van der Waals surface area (Å²) in [5, 5.41) is 2.05. The van der Waals surface area contributed by atoms with E-state index in [1.165, 1.54) is 16.8 Å². The van der Waals surface area contributed by atoms with Crippen molar-refractivity contribution in [2.24, 2.45) is 0 Å². The fourth-order valence-corrected chi connectivity index (χ4v) is 5.90. The quantitative estimate of drug-likeness (QED) is 0.496. The molecule has 7 heteroatoms. The van der Waals surface area contributed by atoms with E-state index in [0.29, 0.717) is 25.8 Å². The first-order valence-electron chi connectivity index (χ1n) is 12.9. The summed E-state index contributed by atoms with van der Waals surface area (Å²) in [6.07, 6.45) is 1.62. The predicted molar refractivity (Wildman–Crippen MR) is 139 cm³/mol. The summed E-state index contributed by atoms with van der Waals surface area (Å²) < 4.78 is 25.0. The van der Waals surface area contributed by atoms with Crippen LogP contribution in [0.15, 0.2) is 54.6 Å². The van der Waals surface area contributed by atoms with E-state index in [-0.39, 0.29) is 18.0 Å². The molecular weight excluding hydrogens is 457 g/mol. The highest BCUT2D eigenvalue weighted by molar-refractivity contribution is 5.94. The van der Waals surface area contributed by atoms with Crippen LogP contribution in [-0.2, 0) is 15.9 Å². The molecule has 2 saturated heterocycles. The van der Waals surface area contributed by atoms with Gasteiger partial charge in [-0.05, 0) is 72.7 Å². The van der Waals surface area contributed by atoms with Crippen molar-refractivity contribution in [1.29, 1.82) is 0 Å². The monoisotopic (exact) mass is 489 g/mol. The molecule has 3 heterocycles. The lowest BCUT2D eigenvalue weighted by molar-refractivity contribution is 0.0255. The molecule has 6 nitrogen and oxygen atoms in total. The van der Waals surface area contributed by atoms with Gasteiger partial charge in [0.15, 0.2) is 0 Å². The first-order chi connectivity index (χ1) is 17.6. The molecule has 1 amide bonds. The van der Waals surface area contributed by atoms with E-state index in [1.54, 1.807) is 17.0 Å². The Balaban J connectivity index is 1.10. The topological polar surface area (TPSA) is 45.2 Å². The maximum Gasteiger partial charge on any atom is 0.414 e. The molecule has 36 heavy (non-hydrogen) atoms. The number of benzene rings is 3. The molecule has 0 N–H and O–H groups in total. The number of cyclic esters (lactones) is 1. The molecule has 3 aliphatic heterocycles. The first-order valence-corrected chi connectivity index (χ1v) is 12.9. The highest BCUT2D eigenvalue weighted by Gasteiger charge is 2.29. The van der Waals surface area contributed by atoms with E-state index in [9.17, 15) is 9.18 Å². The molecule has 0 unspecified atom stereocenters. The summed E-state index contributed by atoms with van der Waals surface area (Å²) in [7, 11) is 0. The largest absolute Gasteiger partial charge is 0.447 e. The van der Waals surface area contributed by atoms with Gasteiger partial charge in [0, 0.05) is 49.0 Å². The van der Waals surface area contributed by atoms with Gasteiger partial charge in [-0.1, -0.05) is 18.2 Å². The molecule has 0 aromatic heterocycles. The highest BCUT2D eigenvalue weighted by atomic mass is 19.1. The lowest BCUT2D eigenvalue weighted by atomic mass is 9.94. The zero-order valence-corrected chi connectivity index (χ0v) is 20.7. The van der Waals surface area contributed by atoms with Crippen LogP contribution in [0.3, 0.4) is 0 Å². The van der Waals surface area contributed by atoms with Crippen LogP contribution in [0, 0.1) is 5.82 Å². The summed E-state index contributed by atoms with van der Waals surface area (Å²) in [5.74, 6) is -0.195. The zero-order chi connectivity index (χ0) is 24.6. The van der Waals surface area contributed by atoms with Crippen LogP contribution in [0.5, 0.6) is 0 Å².